The van der Waals surface area contributed by atoms with Gasteiger partial charge in [0.05, 0.1) is 30.4 Å². The van der Waals surface area contributed by atoms with Crippen LogP contribution in [0.4, 0.5) is 4.39 Å². The molecule has 2 aliphatic heterocycles. The molecule has 0 aromatic heterocycles. The maximum atomic E-state index is 13.5. The lowest BCUT2D eigenvalue weighted by atomic mass is 9.81. The normalized spacial score (nSPS) is 25.9. The Balaban J connectivity index is 1.68. The molecule has 0 unspecified atom stereocenters. The van der Waals surface area contributed by atoms with E-state index >= 15 is 0 Å². The topological polar surface area (TPSA) is 113 Å². The number of carbonyl (C=O) groups is 3. The Morgan fingerprint density at radius 2 is 1.75 bits per heavy atom. The Morgan fingerprint density at radius 3 is 2.33 bits per heavy atom. The fraction of sp³-hybridized carbons (Fsp3) is 0.400. The summed E-state index contributed by atoms with van der Waals surface area (Å²) in [5, 5.41) is 3.05. The van der Waals surface area contributed by atoms with Gasteiger partial charge in [-0.1, -0.05) is 37.3 Å². The SMILES string of the molecule is CCN(C[C@H]1N[C@@](C)(C(=O)OC)[C@H]2C(=O)N(Cc3ccccc3)C(=O)[C@@H]12)S(=O)(=O)c1ccc(F)cc1. The maximum Gasteiger partial charge on any atom is 0.326 e. The van der Waals surface area contributed by atoms with Crippen LogP contribution >= 0.6 is 0 Å². The molecule has 11 heteroatoms. The van der Waals surface area contributed by atoms with Crippen LogP contribution in [-0.4, -0.2) is 67.2 Å². The second kappa shape index (κ2) is 9.72. The number of carbonyl (C=O) groups excluding carboxylic acids is 3. The molecule has 2 saturated heterocycles. The minimum atomic E-state index is -4.04. The van der Waals surface area contributed by atoms with Gasteiger partial charge >= 0.3 is 5.97 Å². The van der Waals surface area contributed by atoms with Gasteiger partial charge in [0.2, 0.25) is 21.8 Å². The Kier molecular flexibility index (Phi) is 7.00. The van der Waals surface area contributed by atoms with Crippen molar-refractivity contribution in [2.24, 2.45) is 11.8 Å². The molecule has 0 radical (unpaired) electrons. The monoisotopic (exact) mass is 517 g/mol. The molecule has 2 fully saturated rings. The van der Waals surface area contributed by atoms with E-state index in [1.165, 1.54) is 26.2 Å². The number of likely N-dealkylation sites (N-methyl/N-ethyl adjacent to an activating group) is 1. The number of nitrogens with zero attached hydrogens (tertiary/aromatic N) is 2. The Labute approximate surface area is 209 Å². The Hall–Kier alpha value is -3.15. The van der Waals surface area contributed by atoms with Gasteiger partial charge in [-0.05, 0) is 36.8 Å². The van der Waals surface area contributed by atoms with E-state index in [0.29, 0.717) is 0 Å². The first-order chi connectivity index (χ1) is 17.0. The zero-order valence-corrected chi connectivity index (χ0v) is 21.0. The molecule has 36 heavy (non-hydrogen) atoms. The number of esters is 1. The second-order valence-electron chi connectivity index (χ2n) is 9.11. The molecule has 0 saturated carbocycles. The van der Waals surface area contributed by atoms with Crippen molar-refractivity contribution in [3.63, 3.8) is 0 Å². The molecule has 2 heterocycles. The second-order valence-corrected chi connectivity index (χ2v) is 11.0. The largest absolute Gasteiger partial charge is 0.468 e. The van der Waals surface area contributed by atoms with Crippen molar-refractivity contribution in [1.29, 1.82) is 0 Å². The lowest BCUT2D eigenvalue weighted by Crippen LogP contribution is -2.56. The third-order valence-corrected chi connectivity index (χ3v) is 8.94. The highest BCUT2D eigenvalue weighted by atomic mass is 32.2. The molecular weight excluding hydrogens is 489 g/mol. The number of hydrogen-bond donors (Lipinski definition) is 1. The van der Waals surface area contributed by atoms with Gasteiger partial charge in [0.15, 0.2) is 0 Å². The van der Waals surface area contributed by atoms with Crippen molar-refractivity contribution in [2.75, 3.05) is 20.2 Å². The van der Waals surface area contributed by atoms with Gasteiger partial charge in [-0.2, -0.15) is 4.31 Å². The lowest BCUT2D eigenvalue weighted by Gasteiger charge is -2.30. The van der Waals surface area contributed by atoms with E-state index < -0.39 is 57.0 Å². The number of likely N-dealkylation sites (tertiary alicyclic amines) is 1. The van der Waals surface area contributed by atoms with E-state index in [1.807, 2.05) is 6.07 Å². The van der Waals surface area contributed by atoms with E-state index in [2.05, 4.69) is 5.32 Å². The first-order valence-corrected chi connectivity index (χ1v) is 13.0. The summed E-state index contributed by atoms with van der Waals surface area (Å²) in [5.41, 5.74) is -0.779. The molecule has 4 atom stereocenters. The molecule has 9 nitrogen and oxygen atoms in total. The Morgan fingerprint density at radius 1 is 1.11 bits per heavy atom. The highest BCUT2D eigenvalue weighted by molar-refractivity contribution is 7.89. The fourth-order valence-electron chi connectivity index (χ4n) is 5.18. The summed E-state index contributed by atoms with van der Waals surface area (Å²) in [5.74, 6) is -4.30. The Bertz CT molecular complexity index is 1270. The van der Waals surface area contributed by atoms with Crippen LogP contribution in [0.15, 0.2) is 59.5 Å². The van der Waals surface area contributed by atoms with Gasteiger partial charge in [0.25, 0.3) is 0 Å². The summed E-state index contributed by atoms with van der Waals surface area (Å²) < 4.78 is 46.0. The van der Waals surface area contributed by atoms with Crippen molar-refractivity contribution in [3.8, 4) is 0 Å². The van der Waals surface area contributed by atoms with Crippen LogP contribution in [0.1, 0.15) is 19.4 Å². The number of ether oxygens (including phenoxy) is 1. The van der Waals surface area contributed by atoms with E-state index in [1.54, 1.807) is 31.2 Å². The molecule has 2 aromatic rings. The van der Waals surface area contributed by atoms with E-state index in [-0.39, 0.29) is 24.5 Å². The van der Waals surface area contributed by atoms with Crippen molar-refractivity contribution >= 4 is 27.8 Å². The number of amides is 2. The smallest absolute Gasteiger partial charge is 0.326 e. The number of fused-ring (bicyclic) bond motifs is 1. The molecule has 0 spiro atoms. The number of nitrogens with one attached hydrogen (secondary N) is 1. The zero-order valence-electron chi connectivity index (χ0n) is 20.2. The van der Waals surface area contributed by atoms with E-state index in [4.69, 9.17) is 4.74 Å². The van der Waals surface area contributed by atoms with Gasteiger partial charge in [0.1, 0.15) is 11.4 Å². The van der Waals surface area contributed by atoms with E-state index in [0.717, 1.165) is 26.9 Å². The molecule has 4 rings (SSSR count). The summed E-state index contributed by atoms with van der Waals surface area (Å²) in [7, 11) is -2.85. The first-order valence-electron chi connectivity index (χ1n) is 11.6. The molecule has 2 amide bonds. The molecule has 1 N–H and O–H groups in total. The molecule has 2 aromatic carbocycles. The molecule has 2 aliphatic rings. The number of imide groups is 1. The van der Waals surface area contributed by atoms with Gasteiger partial charge in [-0.25, -0.2) is 12.8 Å². The van der Waals surface area contributed by atoms with Gasteiger partial charge in [-0.3, -0.25) is 24.6 Å². The van der Waals surface area contributed by atoms with Crippen molar-refractivity contribution in [3.05, 3.63) is 66.0 Å². The number of sulfonamides is 1. The average molecular weight is 518 g/mol. The minimum absolute atomic E-state index is 0.0425. The maximum absolute atomic E-state index is 13.5. The summed E-state index contributed by atoms with van der Waals surface area (Å²) in [6.45, 7) is 3.05. The van der Waals surface area contributed by atoms with Crippen LogP contribution in [-0.2, 0) is 35.7 Å². The number of hydrogen-bond acceptors (Lipinski definition) is 7. The quantitative estimate of drug-likeness (QED) is 0.418. The summed E-state index contributed by atoms with van der Waals surface area (Å²) in [4.78, 5) is 40.9. The van der Waals surface area contributed by atoms with E-state index in [9.17, 15) is 27.2 Å². The van der Waals surface area contributed by atoms with Gasteiger partial charge in [0, 0.05) is 19.1 Å². The molecule has 192 valence electrons. The summed E-state index contributed by atoms with van der Waals surface area (Å²) >= 11 is 0. The zero-order chi connectivity index (χ0) is 26.3. The first kappa shape index (κ1) is 25.9. The van der Waals surface area contributed by atoms with Crippen LogP contribution in [0.3, 0.4) is 0 Å². The van der Waals surface area contributed by atoms with Crippen LogP contribution < -0.4 is 5.32 Å². The molecule has 0 aliphatic carbocycles. The van der Waals surface area contributed by atoms with Crippen LogP contribution in [0.2, 0.25) is 0 Å². The fourth-order valence-corrected chi connectivity index (χ4v) is 6.65. The van der Waals surface area contributed by atoms with Crippen molar-refractivity contribution in [2.45, 2.75) is 36.9 Å². The third kappa shape index (κ3) is 4.31. The lowest BCUT2D eigenvalue weighted by molar-refractivity contribution is -0.153. The number of benzene rings is 2. The highest BCUT2D eigenvalue weighted by Crippen LogP contribution is 2.44. The summed E-state index contributed by atoms with van der Waals surface area (Å²) in [6, 6.07) is 12.6. The molecule has 0 bridgehead atoms. The highest BCUT2D eigenvalue weighted by Gasteiger charge is 2.66. The van der Waals surface area contributed by atoms with Crippen LogP contribution in [0, 0.1) is 17.7 Å². The number of halogens is 1. The third-order valence-electron chi connectivity index (χ3n) is 6.98. The standard InChI is InChI=1S/C25H28FN3O6S/c1-4-28(36(33,34)18-12-10-17(26)11-13-18)15-19-20-21(25(2,27-19)24(32)35-3)23(31)29(22(20)30)14-16-8-6-5-7-9-16/h5-13,19-21,27H,4,14-15H2,1-3H3/t19-,20+,21-,25-/m1/s1. The van der Waals surface area contributed by atoms with Crippen LogP contribution in [0.5, 0.6) is 0 Å². The molecular formula is C25H28FN3O6S. The minimum Gasteiger partial charge on any atom is -0.468 e. The van der Waals surface area contributed by atoms with Crippen molar-refractivity contribution in [1.82, 2.24) is 14.5 Å². The van der Waals surface area contributed by atoms with Gasteiger partial charge < -0.3 is 4.74 Å². The number of methoxy groups -OCH3 is 1. The van der Waals surface area contributed by atoms with Crippen LogP contribution in [0.25, 0.3) is 0 Å². The predicted molar refractivity (Wildman–Crippen MR) is 127 cm³/mol. The van der Waals surface area contributed by atoms with Gasteiger partial charge in [-0.15, -0.1) is 0 Å². The van der Waals surface area contributed by atoms with Crippen molar-refractivity contribution < 1.29 is 31.9 Å². The predicted octanol–water partition coefficient (Wildman–Crippen LogP) is 1.54. The summed E-state index contributed by atoms with van der Waals surface area (Å²) in [6.07, 6.45) is 0. The number of rotatable bonds is 8. The average Bonchev–Trinajstić information content (AvgIpc) is 3.31.